The fraction of sp³-hybridized carbons (Fsp3) is 0.333. The lowest BCUT2D eigenvalue weighted by molar-refractivity contribution is 1.09. The smallest absolute Gasteiger partial charge is 0.0342 e. The first-order valence-electron chi connectivity index (χ1n) is 3.52. The van der Waals surface area contributed by atoms with Gasteiger partial charge in [-0.1, -0.05) is 40.8 Å². The van der Waals surface area contributed by atoms with Crippen LogP contribution < -0.4 is 0 Å². The van der Waals surface area contributed by atoms with Gasteiger partial charge in [0, 0.05) is 8.82 Å². The first-order chi connectivity index (χ1) is 5.25. The summed E-state index contributed by atoms with van der Waals surface area (Å²) in [5, 5.41) is 0. The molecule has 0 aromatic heterocycles. The average Bonchev–Trinajstić information content (AvgIpc) is 2.04. The van der Waals surface area contributed by atoms with Crippen LogP contribution >= 0.6 is 34.4 Å². The van der Waals surface area contributed by atoms with Gasteiger partial charge in [0.15, 0.2) is 0 Å². The Hall–Kier alpha value is 0.300. The molecule has 1 aromatic carbocycles. The quantitative estimate of drug-likeness (QED) is 0.449. The fourth-order valence-corrected chi connectivity index (χ4v) is 2.44. The van der Waals surface area contributed by atoms with Crippen LogP contribution in [-0.2, 0) is 0 Å². The second kappa shape index (κ2) is 4.36. The Morgan fingerprint density at radius 1 is 1.36 bits per heavy atom. The van der Waals surface area contributed by atoms with Gasteiger partial charge in [-0.2, -0.15) is 0 Å². The molecule has 0 amide bonds. The van der Waals surface area contributed by atoms with E-state index in [-0.39, 0.29) is 0 Å². The lowest BCUT2D eigenvalue weighted by Crippen LogP contribution is -1.85. The van der Waals surface area contributed by atoms with Crippen molar-refractivity contribution in [1.82, 2.24) is 0 Å². The van der Waals surface area contributed by atoms with Crippen LogP contribution in [0.3, 0.4) is 0 Å². The Balaban J connectivity index is 3.02. The minimum atomic E-state index is 0.608. The van der Waals surface area contributed by atoms with Crippen LogP contribution in [0.4, 0.5) is 0 Å². The van der Waals surface area contributed by atoms with Crippen LogP contribution in [0.15, 0.2) is 29.2 Å². The molecule has 0 heterocycles. The molecule has 1 unspecified atom stereocenters. The Morgan fingerprint density at radius 2 is 2.00 bits per heavy atom. The van der Waals surface area contributed by atoms with E-state index in [2.05, 4.69) is 60.0 Å². The monoisotopic (exact) mass is 278 g/mol. The first-order valence-corrected chi connectivity index (χ1v) is 5.99. The zero-order valence-corrected chi connectivity index (χ0v) is 9.65. The van der Waals surface area contributed by atoms with E-state index in [1.807, 2.05) is 11.8 Å². The van der Waals surface area contributed by atoms with Gasteiger partial charge in [0.2, 0.25) is 0 Å². The molecular weight excluding hydrogens is 267 g/mol. The van der Waals surface area contributed by atoms with E-state index in [9.17, 15) is 0 Å². The second-order valence-corrected chi connectivity index (χ2v) is 5.07. The topological polar surface area (TPSA) is 0 Å². The number of thioether (sulfide) groups is 1. The summed E-state index contributed by atoms with van der Waals surface area (Å²) in [6, 6.07) is 8.57. The normalized spacial score (nSPS) is 13.0. The molecule has 0 aliphatic heterocycles. The van der Waals surface area contributed by atoms with E-state index in [0.717, 1.165) is 0 Å². The predicted molar refractivity (Wildman–Crippen MR) is 60.7 cm³/mol. The van der Waals surface area contributed by atoms with E-state index in [1.54, 1.807) is 0 Å². The summed E-state index contributed by atoms with van der Waals surface area (Å²) < 4.78 is 0.608. The third-order valence-corrected chi connectivity index (χ3v) is 3.05. The van der Waals surface area contributed by atoms with Crippen molar-refractivity contribution in [3.05, 3.63) is 29.8 Å². The lowest BCUT2D eigenvalue weighted by Gasteiger charge is -2.07. The van der Waals surface area contributed by atoms with Crippen molar-refractivity contribution in [1.29, 1.82) is 0 Å². The summed E-state index contributed by atoms with van der Waals surface area (Å²) in [5.41, 5.74) is 1.45. The maximum Gasteiger partial charge on any atom is 0.0342 e. The summed E-state index contributed by atoms with van der Waals surface area (Å²) in [4.78, 5) is 1.40. The number of halogens is 1. The van der Waals surface area contributed by atoms with Crippen LogP contribution in [-0.4, -0.2) is 6.26 Å². The minimum absolute atomic E-state index is 0.608. The summed E-state index contributed by atoms with van der Waals surface area (Å²) in [7, 11) is 0. The number of alkyl halides is 1. The number of hydrogen-bond donors (Lipinski definition) is 0. The molecule has 0 saturated carbocycles. The lowest BCUT2D eigenvalue weighted by atomic mass is 10.2. The van der Waals surface area contributed by atoms with Crippen molar-refractivity contribution in [2.45, 2.75) is 15.7 Å². The van der Waals surface area contributed by atoms with Crippen molar-refractivity contribution >= 4 is 34.4 Å². The molecule has 0 saturated heterocycles. The van der Waals surface area contributed by atoms with Crippen molar-refractivity contribution < 1.29 is 0 Å². The van der Waals surface area contributed by atoms with Crippen molar-refractivity contribution in [2.75, 3.05) is 6.26 Å². The maximum absolute atomic E-state index is 2.44. The molecule has 0 nitrogen and oxygen atoms in total. The molecule has 0 fully saturated rings. The van der Waals surface area contributed by atoms with E-state index in [1.165, 1.54) is 10.5 Å². The largest absolute Gasteiger partial charge is 0.129 e. The first kappa shape index (κ1) is 9.39. The highest BCUT2D eigenvalue weighted by molar-refractivity contribution is 14.1. The molecule has 0 aliphatic carbocycles. The van der Waals surface area contributed by atoms with E-state index < -0.39 is 0 Å². The van der Waals surface area contributed by atoms with Crippen molar-refractivity contribution in [3.8, 4) is 0 Å². The van der Waals surface area contributed by atoms with Crippen LogP contribution in [0, 0.1) is 0 Å². The molecule has 0 spiro atoms. The highest BCUT2D eigenvalue weighted by atomic mass is 127. The van der Waals surface area contributed by atoms with Gasteiger partial charge in [-0.3, -0.25) is 0 Å². The molecule has 1 atom stereocenters. The molecule has 0 N–H and O–H groups in total. The van der Waals surface area contributed by atoms with Gasteiger partial charge in [-0.05, 0) is 24.8 Å². The van der Waals surface area contributed by atoms with Gasteiger partial charge in [0.25, 0.3) is 0 Å². The Bertz CT molecular complexity index is 233. The van der Waals surface area contributed by atoms with Crippen LogP contribution in [0.5, 0.6) is 0 Å². The fourth-order valence-electron chi connectivity index (χ4n) is 0.995. The molecule has 60 valence electrons. The average molecular weight is 278 g/mol. The standard InChI is InChI=1S/C9H11IS/c1-7(10)8-5-3-4-6-9(8)11-2/h3-7H,1-2H3. The summed E-state index contributed by atoms with van der Waals surface area (Å²) in [6.45, 7) is 2.22. The predicted octanol–water partition coefficient (Wildman–Crippen LogP) is 3.90. The Labute approximate surface area is 85.9 Å². The van der Waals surface area contributed by atoms with Crippen LogP contribution in [0.2, 0.25) is 0 Å². The molecule has 0 bridgehead atoms. The SMILES string of the molecule is CSc1ccccc1C(C)I. The Kier molecular flexibility index (Phi) is 3.72. The summed E-state index contributed by atoms with van der Waals surface area (Å²) >= 11 is 4.26. The van der Waals surface area contributed by atoms with Gasteiger partial charge < -0.3 is 0 Å². The van der Waals surface area contributed by atoms with Gasteiger partial charge in [0.05, 0.1) is 0 Å². The van der Waals surface area contributed by atoms with Crippen LogP contribution in [0.25, 0.3) is 0 Å². The van der Waals surface area contributed by atoms with Crippen molar-refractivity contribution in [3.63, 3.8) is 0 Å². The molecule has 1 aromatic rings. The third-order valence-electron chi connectivity index (χ3n) is 1.57. The molecular formula is C9H11IS. The van der Waals surface area contributed by atoms with E-state index in [4.69, 9.17) is 0 Å². The van der Waals surface area contributed by atoms with Gasteiger partial charge in [0.1, 0.15) is 0 Å². The molecule has 11 heavy (non-hydrogen) atoms. The van der Waals surface area contributed by atoms with E-state index >= 15 is 0 Å². The molecule has 0 radical (unpaired) electrons. The second-order valence-electron chi connectivity index (χ2n) is 2.36. The van der Waals surface area contributed by atoms with Crippen LogP contribution in [0.1, 0.15) is 16.4 Å². The van der Waals surface area contributed by atoms with Gasteiger partial charge in [-0.15, -0.1) is 11.8 Å². The van der Waals surface area contributed by atoms with E-state index in [0.29, 0.717) is 3.92 Å². The molecule has 2 heteroatoms. The third kappa shape index (κ3) is 2.37. The molecule has 1 rings (SSSR count). The van der Waals surface area contributed by atoms with Crippen molar-refractivity contribution in [2.24, 2.45) is 0 Å². The molecule has 0 aliphatic rings. The summed E-state index contributed by atoms with van der Waals surface area (Å²) in [5.74, 6) is 0. The number of benzene rings is 1. The van der Waals surface area contributed by atoms with Gasteiger partial charge >= 0.3 is 0 Å². The Morgan fingerprint density at radius 3 is 2.45 bits per heavy atom. The number of hydrogen-bond acceptors (Lipinski definition) is 1. The highest BCUT2D eigenvalue weighted by Gasteiger charge is 2.04. The zero-order chi connectivity index (χ0) is 8.27. The number of rotatable bonds is 2. The van der Waals surface area contributed by atoms with Gasteiger partial charge in [-0.25, -0.2) is 0 Å². The summed E-state index contributed by atoms with van der Waals surface area (Å²) in [6.07, 6.45) is 2.12. The maximum atomic E-state index is 2.44. The highest BCUT2D eigenvalue weighted by Crippen LogP contribution is 2.30. The minimum Gasteiger partial charge on any atom is -0.129 e. The zero-order valence-electron chi connectivity index (χ0n) is 6.67.